The molecule has 0 spiro atoms. The number of pyridine rings is 1. The normalized spacial score (nSPS) is 16.5. The second kappa shape index (κ2) is 7.19. The third kappa shape index (κ3) is 3.96. The largest absolute Gasteiger partial charge is 0.445 e. The molecule has 1 aliphatic rings. The van der Waals surface area contributed by atoms with Crippen LogP contribution in [0.1, 0.15) is 29.5 Å². The van der Waals surface area contributed by atoms with E-state index in [1.54, 1.807) is 11.8 Å². The Kier molecular flexibility index (Phi) is 4.99. The van der Waals surface area contributed by atoms with E-state index in [-0.39, 0.29) is 12.7 Å². The minimum Gasteiger partial charge on any atom is -0.445 e. The van der Waals surface area contributed by atoms with Crippen molar-refractivity contribution >= 4 is 6.09 Å². The van der Waals surface area contributed by atoms with Crippen LogP contribution in [0.4, 0.5) is 9.18 Å². The Morgan fingerprint density at radius 3 is 2.64 bits per heavy atom. The van der Waals surface area contributed by atoms with Gasteiger partial charge < -0.3 is 14.7 Å². The number of ether oxygens (including phenoxy) is 1. The number of aromatic nitrogens is 1. The number of carbonyl (C=O) groups excluding carboxylic acids is 1. The zero-order chi connectivity index (χ0) is 17.9. The average molecular weight is 344 g/mol. The zero-order valence-corrected chi connectivity index (χ0v) is 14.1. The molecule has 0 saturated carbocycles. The molecule has 25 heavy (non-hydrogen) atoms. The van der Waals surface area contributed by atoms with Crippen molar-refractivity contribution in [3.05, 3.63) is 65.2 Å². The molecule has 0 atom stereocenters. The number of aliphatic hydroxyl groups is 1. The number of piperidine rings is 1. The molecule has 1 aromatic heterocycles. The van der Waals surface area contributed by atoms with E-state index in [0.29, 0.717) is 37.1 Å². The number of likely N-dealkylation sites (tertiary alicyclic amines) is 1. The molecule has 2 heterocycles. The van der Waals surface area contributed by atoms with Crippen molar-refractivity contribution in [2.24, 2.45) is 0 Å². The van der Waals surface area contributed by atoms with Gasteiger partial charge in [-0.25, -0.2) is 9.78 Å². The molecule has 1 aromatic carbocycles. The Hall–Kier alpha value is -2.47. The highest BCUT2D eigenvalue weighted by atomic mass is 19.1. The van der Waals surface area contributed by atoms with Crippen LogP contribution in [0.2, 0.25) is 0 Å². The van der Waals surface area contributed by atoms with E-state index in [4.69, 9.17) is 4.74 Å². The highest BCUT2D eigenvalue weighted by molar-refractivity contribution is 5.67. The van der Waals surface area contributed by atoms with Crippen LogP contribution in [-0.2, 0) is 16.9 Å². The van der Waals surface area contributed by atoms with Gasteiger partial charge in [0.1, 0.15) is 6.61 Å². The lowest BCUT2D eigenvalue weighted by atomic mass is 9.83. The van der Waals surface area contributed by atoms with Crippen molar-refractivity contribution < 1.29 is 19.0 Å². The molecule has 5 nitrogen and oxygen atoms in total. The second-order valence-corrected chi connectivity index (χ2v) is 6.38. The van der Waals surface area contributed by atoms with E-state index in [2.05, 4.69) is 4.98 Å². The van der Waals surface area contributed by atoms with Crippen molar-refractivity contribution in [2.45, 2.75) is 32.0 Å². The number of halogens is 1. The molecule has 1 amide bonds. The topological polar surface area (TPSA) is 62.7 Å². The summed E-state index contributed by atoms with van der Waals surface area (Å²) >= 11 is 0. The molecule has 0 bridgehead atoms. The standard InChI is InChI=1S/C19H21FN2O3/c1-14-11-17(20)21-12-16(14)19(24)7-9-22(10-8-19)18(23)25-13-15-5-3-2-4-6-15/h2-6,11-12,24H,7-10,13H2,1H3. The molecule has 1 aliphatic heterocycles. The number of hydrogen-bond donors (Lipinski definition) is 1. The van der Waals surface area contributed by atoms with E-state index in [1.165, 1.54) is 12.3 Å². The number of hydrogen-bond acceptors (Lipinski definition) is 4. The summed E-state index contributed by atoms with van der Waals surface area (Å²) in [4.78, 5) is 17.4. The number of carbonyl (C=O) groups is 1. The van der Waals surface area contributed by atoms with Gasteiger partial charge in [-0.05, 0) is 37.0 Å². The second-order valence-electron chi connectivity index (χ2n) is 6.38. The molecule has 0 aliphatic carbocycles. The number of amides is 1. The Morgan fingerprint density at radius 1 is 1.32 bits per heavy atom. The van der Waals surface area contributed by atoms with Gasteiger partial charge in [-0.3, -0.25) is 0 Å². The molecule has 2 aromatic rings. The molecule has 1 N–H and O–H groups in total. The van der Waals surface area contributed by atoms with Crippen molar-refractivity contribution in [1.29, 1.82) is 0 Å². The molecule has 0 unspecified atom stereocenters. The summed E-state index contributed by atoms with van der Waals surface area (Å²) in [7, 11) is 0. The molecule has 0 radical (unpaired) electrons. The summed E-state index contributed by atoms with van der Waals surface area (Å²) in [6, 6.07) is 10.8. The molecular formula is C19H21FN2O3. The van der Waals surface area contributed by atoms with E-state index < -0.39 is 11.5 Å². The first-order valence-corrected chi connectivity index (χ1v) is 8.28. The lowest BCUT2D eigenvalue weighted by Gasteiger charge is -2.38. The summed E-state index contributed by atoms with van der Waals surface area (Å²) in [5, 5.41) is 10.9. The van der Waals surface area contributed by atoms with Crippen LogP contribution in [0.25, 0.3) is 0 Å². The molecule has 6 heteroatoms. The predicted octanol–water partition coefficient (Wildman–Crippen LogP) is 3.15. The minimum atomic E-state index is -1.10. The van der Waals surface area contributed by atoms with Gasteiger partial charge >= 0.3 is 6.09 Å². The summed E-state index contributed by atoms with van der Waals surface area (Å²) < 4.78 is 18.5. The van der Waals surface area contributed by atoms with Crippen molar-refractivity contribution in [3.8, 4) is 0 Å². The van der Waals surface area contributed by atoms with Gasteiger partial charge in [-0.15, -0.1) is 0 Å². The van der Waals surface area contributed by atoms with Crippen LogP contribution in [0.3, 0.4) is 0 Å². The first-order chi connectivity index (χ1) is 12.0. The fourth-order valence-electron chi connectivity index (χ4n) is 3.15. The predicted molar refractivity (Wildman–Crippen MR) is 90.3 cm³/mol. The molecular weight excluding hydrogens is 323 g/mol. The van der Waals surface area contributed by atoms with Crippen LogP contribution < -0.4 is 0 Å². The first-order valence-electron chi connectivity index (χ1n) is 8.28. The van der Waals surface area contributed by atoms with E-state index in [1.807, 2.05) is 30.3 Å². The lowest BCUT2D eigenvalue weighted by Crippen LogP contribution is -2.45. The van der Waals surface area contributed by atoms with Crippen LogP contribution in [-0.4, -0.2) is 34.2 Å². The van der Waals surface area contributed by atoms with Gasteiger partial charge in [0.2, 0.25) is 5.95 Å². The summed E-state index contributed by atoms with van der Waals surface area (Å²) in [5.41, 5.74) is 1.11. The van der Waals surface area contributed by atoms with Crippen molar-refractivity contribution in [3.63, 3.8) is 0 Å². The Bertz CT molecular complexity index is 744. The van der Waals surface area contributed by atoms with Crippen LogP contribution in [0.5, 0.6) is 0 Å². The maximum Gasteiger partial charge on any atom is 0.410 e. The molecule has 1 saturated heterocycles. The number of nitrogens with zero attached hydrogens (tertiary/aromatic N) is 2. The summed E-state index contributed by atoms with van der Waals surface area (Å²) in [6.07, 6.45) is 1.72. The summed E-state index contributed by atoms with van der Waals surface area (Å²) in [5.74, 6) is -0.563. The van der Waals surface area contributed by atoms with Gasteiger partial charge in [0, 0.05) is 24.8 Å². The van der Waals surface area contributed by atoms with Gasteiger partial charge in [-0.2, -0.15) is 4.39 Å². The fraction of sp³-hybridized carbons (Fsp3) is 0.368. The van der Waals surface area contributed by atoms with Crippen molar-refractivity contribution in [2.75, 3.05) is 13.1 Å². The van der Waals surface area contributed by atoms with Gasteiger partial charge in [0.15, 0.2) is 0 Å². The van der Waals surface area contributed by atoms with E-state index in [9.17, 15) is 14.3 Å². The number of benzene rings is 1. The quantitative estimate of drug-likeness (QED) is 0.869. The highest BCUT2D eigenvalue weighted by Gasteiger charge is 2.37. The van der Waals surface area contributed by atoms with Gasteiger partial charge in [0.25, 0.3) is 0 Å². The van der Waals surface area contributed by atoms with E-state index >= 15 is 0 Å². The highest BCUT2D eigenvalue weighted by Crippen LogP contribution is 2.34. The minimum absolute atomic E-state index is 0.224. The third-order valence-electron chi connectivity index (χ3n) is 4.63. The average Bonchev–Trinajstić information content (AvgIpc) is 2.61. The maximum atomic E-state index is 13.2. The zero-order valence-electron chi connectivity index (χ0n) is 14.1. The van der Waals surface area contributed by atoms with Gasteiger partial charge in [0.05, 0.1) is 5.60 Å². The Morgan fingerprint density at radius 2 is 2.00 bits per heavy atom. The SMILES string of the molecule is Cc1cc(F)ncc1C1(O)CCN(C(=O)OCc2ccccc2)CC1. The molecule has 3 rings (SSSR count). The maximum absolute atomic E-state index is 13.2. The molecule has 1 fully saturated rings. The number of aryl methyl sites for hydroxylation is 1. The van der Waals surface area contributed by atoms with Crippen LogP contribution in [0.15, 0.2) is 42.6 Å². The Balaban J connectivity index is 1.58. The monoisotopic (exact) mass is 344 g/mol. The van der Waals surface area contributed by atoms with E-state index in [0.717, 1.165) is 5.56 Å². The first kappa shape index (κ1) is 17.4. The summed E-state index contributed by atoms with van der Waals surface area (Å²) in [6.45, 7) is 2.72. The molecule has 132 valence electrons. The van der Waals surface area contributed by atoms with Gasteiger partial charge in [-0.1, -0.05) is 30.3 Å². The number of rotatable bonds is 3. The van der Waals surface area contributed by atoms with Crippen LogP contribution >= 0.6 is 0 Å². The fourth-order valence-corrected chi connectivity index (χ4v) is 3.15. The Labute approximate surface area is 146 Å². The van der Waals surface area contributed by atoms with Crippen LogP contribution in [0, 0.1) is 12.9 Å². The smallest absolute Gasteiger partial charge is 0.410 e. The van der Waals surface area contributed by atoms with Crippen molar-refractivity contribution in [1.82, 2.24) is 9.88 Å². The lowest BCUT2D eigenvalue weighted by molar-refractivity contribution is -0.0262. The third-order valence-corrected chi connectivity index (χ3v) is 4.63.